The van der Waals surface area contributed by atoms with Crippen LogP contribution < -0.4 is 0 Å². The van der Waals surface area contributed by atoms with Crippen molar-refractivity contribution in [3.63, 3.8) is 0 Å². The molecule has 3 nitrogen and oxygen atoms in total. The Kier molecular flexibility index (Phi) is 6.09. The van der Waals surface area contributed by atoms with Gasteiger partial charge in [-0.15, -0.1) is 0 Å². The van der Waals surface area contributed by atoms with Crippen LogP contribution in [0.1, 0.15) is 16.8 Å². The Balaban J connectivity index is 2.59. The van der Waals surface area contributed by atoms with Crippen molar-refractivity contribution in [3.8, 4) is 0 Å². The Morgan fingerprint density at radius 2 is 1.85 bits per heavy atom. The maximum atomic E-state index is 13.3. The van der Waals surface area contributed by atoms with Crippen molar-refractivity contribution < 1.29 is 27.5 Å². The minimum absolute atomic E-state index is 0.136. The molecule has 0 radical (unpaired) electrons. The van der Waals surface area contributed by atoms with Crippen LogP contribution in [0, 0.1) is 5.82 Å². The number of rotatable bonds is 7. The fourth-order valence-electron chi connectivity index (χ4n) is 1.75. The molecular formula is C13H15F4NO2. The average Bonchev–Trinajstić information content (AvgIpc) is 2.34. The summed E-state index contributed by atoms with van der Waals surface area (Å²) in [6.45, 7) is -2.03. The number of carbonyl (C=O) groups excluding carboxylic acids is 1. The van der Waals surface area contributed by atoms with Crippen LogP contribution in [0.2, 0.25) is 0 Å². The number of halogens is 4. The molecule has 0 aliphatic rings. The van der Waals surface area contributed by atoms with Crippen molar-refractivity contribution in [3.05, 3.63) is 35.6 Å². The molecule has 1 rings (SSSR count). The molecule has 112 valence electrons. The molecule has 1 aromatic rings. The first-order valence-corrected chi connectivity index (χ1v) is 6.01. The molecule has 7 heteroatoms. The van der Waals surface area contributed by atoms with E-state index in [9.17, 15) is 22.4 Å². The largest absolute Gasteiger partial charge is 0.401 e. The fourth-order valence-corrected chi connectivity index (χ4v) is 1.75. The number of Topliss-reactive ketones (excluding diaryl/α,β-unsaturated/α-hetero) is 1. The molecule has 0 amide bonds. The van der Waals surface area contributed by atoms with Gasteiger partial charge in [-0.3, -0.25) is 9.69 Å². The third kappa shape index (κ3) is 5.66. The van der Waals surface area contributed by atoms with Gasteiger partial charge in [0.25, 0.3) is 0 Å². The first-order valence-electron chi connectivity index (χ1n) is 6.01. The van der Waals surface area contributed by atoms with E-state index in [-0.39, 0.29) is 25.1 Å². The molecule has 0 atom stereocenters. The van der Waals surface area contributed by atoms with Crippen molar-refractivity contribution in [1.82, 2.24) is 4.90 Å². The summed E-state index contributed by atoms with van der Waals surface area (Å²) >= 11 is 0. The Labute approximate surface area is 113 Å². The van der Waals surface area contributed by atoms with Gasteiger partial charge in [0, 0.05) is 19.5 Å². The van der Waals surface area contributed by atoms with Gasteiger partial charge in [-0.2, -0.15) is 13.2 Å². The molecule has 0 spiro atoms. The second-order valence-corrected chi connectivity index (χ2v) is 4.27. The normalized spacial score (nSPS) is 11.9. The minimum Gasteiger partial charge on any atom is -0.395 e. The van der Waals surface area contributed by atoms with E-state index in [0.29, 0.717) is 0 Å². The number of ketones is 1. The molecule has 0 saturated carbocycles. The quantitative estimate of drug-likeness (QED) is 0.619. The molecule has 1 N–H and O–H groups in total. The highest BCUT2D eigenvalue weighted by Gasteiger charge is 2.30. The zero-order valence-electron chi connectivity index (χ0n) is 10.7. The van der Waals surface area contributed by atoms with Gasteiger partial charge in [-0.25, -0.2) is 4.39 Å². The van der Waals surface area contributed by atoms with Crippen LogP contribution in [0.4, 0.5) is 17.6 Å². The number of alkyl halides is 3. The zero-order chi connectivity index (χ0) is 15.2. The fraction of sp³-hybridized carbons (Fsp3) is 0.462. The van der Waals surface area contributed by atoms with Gasteiger partial charge in [0.1, 0.15) is 5.82 Å². The average molecular weight is 293 g/mol. The first kappa shape index (κ1) is 16.6. The third-order valence-electron chi connectivity index (χ3n) is 2.65. The van der Waals surface area contributed by atoms with E-state index < -0.39 is 30.9 Å². The topological polar surface area (TPSA) is 40.5 Å². The van der Waals surface area contributed by atoms with Gasteiger partial charge in [0.2, 0.25) is 0 Å². The molecule has 0 aliphatic heterocycles. The number of aliphatic hydroxyl groups excluding tert-OH is 1. The number of hydrogen-bond donors (Lipinski definition) is 1. The molecule has 0 saturated heterocycles. The summed E-state index contributed by atoms with van der Waals surface area (Å²) in [4.78, 5) is 12.6. The highest BCUT2D eigenvalue weighted by Crippen LogP contribution is 2.17. The van der Waals surface area contributed by atoms with Crippen LogP contribution in [0.15, 0.2) is 24.3 Å². The van der Waals surface area contributed by atoms with Crippen LogP contribution in [-0.4, -0.2) is 48.2 Å². The molecule has 20 heavy (non-hydrogen) atoms. The lowest BCUT2D eigenvalue weighted by atomic mass is 10.1. The van der Waals surface area contributed by atoms with E-state index in [1.54, 1.807) is 0 Å². The first-order chi connectivity index (χ1) is 9.33. The van der Waals surface area contributed by atoms with Crippen LogP contribution in [0.5, 0.6) is 0 Å². The summed E-state index contributed by atoms with van der Waals surface area (Å²) < 4.78 is 50.1. The summed E-state index contributed by atoms with van der Waals surface area (Å²) in [6, 6.07) is 5.32. The van der Waals surface area contributed by atoms with Gasteiger partial charge >= 0.3 is 6.18 Å². The lowest BCUT2D eigenvalue weighted by Crippen LogP contribution is -2.37. The second kappa shape index (κ2) is 7.35. The molecule has 0 aliphatic carbocycles. The smallest absolute Gasteiger partial charge is 0.395 e. The van der Waals surface area contributed by atoms with Crippen LogP contribution in [0.3, 0.4) is 0 Å². The van der Waals surface area contributed by atoms with E-state index in [0.717, 1.165) is 11.0 Å². The van der Waals surface area contributed by atoms with E-state index in [1.807, 2.05) is 0 Å². The maximum Gasteiger partial charge on any atom is 0.401 e. The zero-order valence-corrected chi connectivity index (χ0v) is 10.7. The van der Waals surface area contributed by atoms with Crippen molar-refractivity contribution >= 4 is 5.78 Å². The van der Waals surface area contributed by atoms with E-state index >= 15 is 0 Å². The summed E-state index contributed by atoms with van der Waals surface area (Å²) in [5.41, 5.74) is -0.136. The molecule has 0 heterocycles. The Morgan fingerprint density at radius 3 is 2.40 bits per heavy atom. The van der Waals surface area contributed by atoms with Crippen LogP contribution >= 0.6 is 0 Å². The minimum atomic E-state index is -4.41. The second-order valence-electron chi connectivity index (χ2n) is 4.27. The number of benzene rings is 1. The maximum absolute atomic E-state index is 13.3. The number of hydrogen-bond acceptors (Lipinski definition) is 3. The summed E-state index contributed by atoms with van der Waals surface area (Å²) in [7, 11) is 0. The molecule has 0 bridgehead atoms. The van der Waals surface area contributed by atoms with Gasteiger partial charge in [-0.1, -0.05) is 12.1 Å². The van der Waals surface area contributed by atoms with Crippen molar-refractivity contribution in [1.29, 1.82) is 0 Å². The Bertz CT molecular complexity index is 448. The number of nitrogens with zero attached hydrogens (tertiary/aromatic N) is 1. The standard InChI is InChI=1S/C13H15F4NO2/c14-11-4-2-1-3-10(11)12(20)5-6-18(7-8-19)9-13(15,16)17/h1-4,19H,5-9H2. The number of aliphatic hydroxyl groups is 1. The molecule has 0 fully saturated rings. The van der Waals surface area contributed by atoms with E-state index in [2.05, 4.69) is 0 Å². The van der Waals surface area contributed by atoms with Gasteiger partial charge in [0.15, 0.2) is 5.78 Å². The summed E-state index contributed by atoms with van der Waals surface area (Å²) in [6.07, 6.45) is -4.65. The Hall–Kier alpha value is -1.47. The van der Waals surface area contributed by atoms with Gasteiger partial charge in [-0.05, 0) is 12.1 Å². The van der Waals surface area contributed by atoms with E-state index in [4.69, 9.17) is 5.11 Å². The van der Waals surface area contributed by atoms with Gasteiger partial charge < -0.3 is 5.11 Å². The van der Waals surface area contributed by atoms with Crippen molar-refractivity contribution in [2.24, 2.45) is 0 Å². The third-order valence-corrected chi connectivity index (χ3v) is 2.65. The highest BCUT2D eigenvalue weighted by molar-refractivity contribution is 5.96. The van der Waals surface area contributed by atoms with Crippen molar-refractivity contribution in [2.75, 3.05) is 26.2 Å². The van der Waals surface area contributed by atoms with E-state index in [1.165, 1.54) is 18.2 Å². The molecular weight excluding hydrogens is 278 g/mol. The lowest BCUT2D eigenvalue weighted by molar-refractivity contribution is -0.146. The lowest BCUT2D eigenvalue weighted by Gasteiger charge is -2.22. The van der Waals surface area contributed by atoms with Gasteiger partial charge in [0.05, 0.1) is 18.7 Å². The molecule has 0 unspecified atom stereocenters. The van der Waals surface area contributed by atoms with Crippen molar-refractivity contribution in [2.45, 2.75) is 12.6 Å². The summed E-state index contributed by atoms with van der Waals surface area (Å²) in [5.74, 6) is -1.25. The molecule has 0 aromatic heterocycles. The van der Waals surface area contributed by atoms with Crippen LogP contribution in [-0.2, 0) is 0 Å². The SMILES string of the molecule is O=C(CCN(CCO)CC(F)(F)F)c1ccccc1F. The monoisotopic (exact) mass is 293 g/mol. The summed E-state index contributed by atoms with van der Waals surface area (Å²) in [5, 5.41) is 8.71. The predicted octanol–water partition coefficient (Wildman–Crippen LogP) is 2.26. The Morgan fingerprint density at radius 1 is 1.20 bits per heavy atom. The number of carbonyl (C=O) groups is 1. The molecule has 1 aromatic carbocycles. The van der Waals surface area contributed by atoms with Crippen LogP contribution in [0.25, 0.3) is 0 Å². The highest BCUT2D eigenvalue weighted by atomic mass is 19.4. The predicted molar refractivity (Wildman–Crippen MR) is 64.9 cm³/mol.